The fraction of sp³-hybridized carbons (Fsp3) is 0.333. The number of aromatic nitrogens is 2. The summed E-state index contributed by atoms with van der Waals surface area (Å²) < 4.78 is 15.7. The summed E-state index contributed by atoms with van der Waals surface area (Å²) in [5.41, 5.74) is 6.34. The minimum Gasteiger partial charge on any atom is -0.508 e. The zero-order valence-electron chi connectivity index (χ0n) is 21.8. The van der Waals surface area contributed by atoms with E-state index in [-0.39, 0.29) is 17.0 Å². The molecule has 4 aromatic rings. The fourth-order valence-electron chi connectivity index (χ4n) is 5.62. The summed E-state index contributed by atoms with van der Waals surface area (Å²) in [5, 5.41) is 14.1. The molecule has 0 saturated carbocycles. The van der Waals surface area contributed by atoms with Gasteiger partial charge in [0.15, 0.2) is 0 Å². The van der Waals surface area contributed by atoms with Crippen LogP contribution in [0.5, 0.6) is 5.75 Å². The topological polar surface area (TPSA) is 70.4 Å². The van der Waals surface area contributed by atoms with Gasteiger partial charge in [0.2, 0.25) is 0 Å². The van der Waals surface area contributed by atoms with Crippen molar-refractivity contribution >= 4 is 10.9 Å². The number of phenolic OH excluding ortho intramolecular Hbond substituents is 1. The molecule has 7 heteroatoms. The van der Waals surface area contributed by atoms with Crippen LogP contribution in [0.1, 0.15) is 35.2 Å². The van der Waals surface area contributed by atoms with Crippen molar-refractivity contribution in [1.29, 1.82) is 0 Å². The van der Waals surface area contributed by atoms with Gasteiger partial charge in [-0.3, -0.25) is 14.3 Å². The number of halogens is 1. The molecule has 2 N–H and O–H groups in total. The first kappa shape index (κ1) is 25.1. The molecule has 0 aliphatic carbocycles. The van der Waals surface area contributed by atoms with Crippen LogP contribution < -0.4 is 10.9 Å². The van der Waals surface area contributed by atoms with Gasteiger partial charge in [-0.2, -0.15) is 0 Å². The number of nitrogens with zero attached hydrogens (tertiary/aromatic N) is 3. The van der Waals surface area contributed by atoms with Crippen molar-refractivity contribution in [3.63, 3.8) is 0 Å². The number of nitrogens with one attached hydrogen (secondary N) is 1. The molecule has 5 rings (SSSR count). The minimum atomic E-state index is -0.604. The summed E-state index contributed by atoms with van der Waals surface area (Å²) in [5.74, 6) is -0.833. The van der Waals surface area contributed by atoms with Gasteiger partial charge in [0.1, 0.15) is 11.6 Å². The number of aryl methyl sites for hydroxylation is 3. The molecular formula is C30H33FN4O2. The van der Waals surface area contributed by atoms with E-state index in [0.717, 1.165) is 53.4 Å². The number of benzene rings is 2. The standard InChI is InChI=1S/C30H33FN4O2/c1-18-8-19(2)10-21(9-18)26-15-33-28-11-20(3)35(24-12-22(31)13-25(36)14-24)30(37)29(28)27(26)17-34(4)16-23-6-5-7-32-23/h8-15,23,32,36H,5-7,16-17H2,1-4H3/t23-/m0/s1. The largest absolute Gasteiger partial charge is 0.508 e. The Morgan fingerprint density at radius 2 is 1.86 bits per heavy atom. The molecule has 0 radical (unpaired) electrons. The Labute approximate surface area is 216 Å². The highest BCUT2D eigenvalue weighted by atomic mass is 19.1. The lowest BCUT2D eigenvalue weighted by Crippen LogP contribution is -2.35. The van der Waals surface area contributed by atoms with Crippen molar-refractivity contribution in [2.24, 2.45) is 0 Å². The first-order valence-electron chi connectivity index (χ1n) is 12.7. The second-order valence-electron chi connectivity index (χ2n) is 10.4. The van der Waals surface area contributed by atoms with Crippen molar-refractivity contribution in [3.05, 3.63) is 87.2 Å². The highest BCUT2D eigenvalue weighted by molar-refractivity contribution is 5.88. The van der Waals surface area contributed by atoms with Crippen molar-refractivity contribution in [3.8, 4) is 22.6 Å². The van der Waals surface area contributed by atoms with E-state index in [1.54, 1.807) is 6.92 Å². The van der Waals surface area contributed by atoms with Gasteiger partial charge in [0, 0.05) is 48.7 Å². The minimum absolute atomic E-state index is 0.229. The second kappa shape index (κ2) is 10.1. The molecule has 37 heavy (non-hydrogen) atoms. The van der Waals surface area contributed by atoms with E-state index >= 15 is 0 Å². The predicted octanol–water partition coefficient (Wildman–Crippen LogP) is 5.01. The highest BCUT2D eigenvalue weighted by Gasteiger charge is 2.21. The molecule has 1 fully saturated rings. The molecule has 0 bridgehead atoms. The molecule has 0 unspecified atom stereocenters. The number of likely N-dealkylation sites (N-methyl/N-ethyl adjacent to an activating group) is 1. The third-order valence-corrected chi connectivity index (χ3v) is 7.11. The smallest absolute Gasteiger partial charge is 0.265 e. The third-order valence-electron chi connectivity index (χ3n) is 7.11. The Bertz CT molecular complexity index is 1500. The van der Waals surface area contributed by atoms with Gasteiger partial charge >= 0.3 is 0 Å². The molecule has 1 saturated heterocycles. The quantitative estimate of drug-likeness (QED) is 0.390. The van der Waals surface area contributed by atoms with Gasteiger partial charge in [-0.25, -0.2) is 4.39 Å². The van der Waals surface area contributed by atoms with Crippen LogP contribution in [-0.2, 0) is 6.54 Å². The van der Waals surface area contributed by atoms with Crippen molar-refractivity contribution in [1.82, 2.24) is 19.8 Å². The average molecular weight is 501 g/mol. The number of phenols is 1. The van der Waals surface area contributed by atoms with E-state index < -0.39 is 5.82 Å². The van der Waals surface area contributed by atoms with Crippen LogP contribution in [0, 0.1) is 26.6 Å². The van der Waals surface area contributed by atoms with Crippen molar-refractivity contribution < 1.29 is 9.50 Å². The molecule has 6 nitrogen and oxygen atoms in total. The molecule has 1 aliphatic heterocycles. The Balaban J connectivity index is 1.74. The first-order chi connectivity index (χ1) is 17.7. The number of aromatic hydroxyl groups is 1. The van der Waals surface area contributed by atoms with Crippen LogP contribution >= 0.6 is 0 Å². The van der Waals surface area contributed by atoms with E-state index in [9.17, 15) is 14.3 Å². The van der Waals surface area contributed by atoms with Gasteiger partial charge in [-0.05, 0) is 70.5 Å². The maximum atomic E-state index is 14.2. The Morgan fingerprint density at radius 3 is 2.54 bits per heavy atom. The number of pyridine rings is 2. The Kier molecular flexibility index (Phi) is 6.84. The second-order valence-corrected chi connectivity index (χ2v) is 10.4. The molecular weight excluding hydrogens is 467 g/mol. The molecule has 0 amide bonds. The predicted molar refractivity (Wildman–Crippen MR) is 146 cm³/mol. The maximum Gasteiger partial charge on any atom is 0.265 e. The van der Waals surface area contributed by atoms with Crippen LogP contribution in [-0.4, -0.2) is 45.7 Å². The number of hydrogen-bond donors (Lipinski definition) is 2. The third kappa shape index (κ3) is 5.15. The van der Waals surface area contributed by atoms with Gasteiger partial charge < -0.3 is 15.3 Å². The summed E-state index contributed by atoms with van der Waals surface area (Å²) in [6.07, 6.45) is 4.18. The highest BCUT2D eigenvalue weighted by Crippen LogP contribution is 2.31. The summed E-state index contributed by atoms with van der Waals surface area (Å²) in [6.45, 7) is 8.39. The lowest BCUT2D eigenvalue weighted by atomic mass is 9.95. The van der Waals surface area contributed by atoms with E-state index in [4.69, 9.17) is 4.98 Å². The summed E-state index contributed by atoms with van der Waals surface area (Å²) in [7, 11) is 2.08. The molecule has 192 valence electrons. The first-order valence-corrected chi connectivity index (χ1v) is 12.7. The van der Waals surface area contributed by atoms with Crippen LogP contribution in [0.15, 0.2) is 53.5 Å². The zero-order valence-corrected chi connectivity index (χ0v) is 21.8. The lowest BCUT2D eigenvalue weighted by molar-refractivity contribution is 0.294. The molecule has 3 heterocycles. The van der Waals surface area contributed by atoms with E-state index in [2.05, 4.69) is 49.3 Å². The average Bonchev–Trinajstić information content (AvgIpc) is 3.30. The van der Waals surface area contributed by atoms with Gasteiger partial charge in [-0.1, -0.05) is 29.3 Å². The molecule has 1 aliphatic rings. The molecule has 0 spiro atoms. The summed E-state index contributed by atoms with van der Waals surface area (Å²) in [4.78, 5) is 21.1. The monoisotopic (exact) mass is 500 g/mol. The fourth-order valence-corrected chi connectivity index (χ4v) is 5.62. The van der Waals surface area contributed by atoms with Crippen LogP contribution in [0.25, 0.3) is 27.7 Å². The number of hydrogen-bond acceptors (Lipinski definition) is 5. The summed E-state index contributed by atoms with van der Waals surface area (Å²) in [6, 6.07) is 12.3. The maximum absolute atomic E-state index is 14.2. The molecule has 2 aromatic heterocycles. The SMILES string of the molecule is Cc1cc(C)cc(-c2cnc3cc(C)n(-c4cc(O)cc(F)c4)c(=O)c3c2CN(C)C[C@@H]2CCCN2)c1. The lowest BCUT2D eigenvalue weighted by Gasteiger charge is -2.24. The van der Waals surface area contributed by atoms with Gasteiger partial charge in [-0.15, -0.1) is 0 Å². The summed E-state index contributed by atoms with van der Waals surface area (Å²) >= 11 is 0. The van der Waals surface area contributed by atoms with Crippen LogP contribution in [0.4, 0.5) is 4.39 Å². The Hall–Kier alpha value is -3.55. The number of rotatable bonds is 6. The van der Waals surface area contributed by atoms with Crippen molar-refractivity contribution in [2.75, 3.05) is 20.1 Å². The van der Waals surface area contributed by atoms with Crippen LogP contribution in [0.2, 0.25) is 0 Å². The number of fused-ring (bicyclic) bond motifs is 1. The Morgan fingerprint density at radius 1 is 1.11 bits per heavy atom. The zero-order chi connectivity index (χ0) is 26.3. The van der Waals surface area contributed by atoms with E-state index in [0.29, 0.717) is 29.2 Å². The van der Waals surface area contributed by atoms with E-state index in [1.807, 2.05) is 12.3 Å². The van der Waals surface area contributed by atoms with Crippen molar-refractivity contribution in [2.45, 2.75) is 46.2 Å². The van der Waals surface area contributed by atoms with Gasteiger partial charge in [0.25, 0.3) is 5.56 Å². The molecule has 1 atom stereocenters. The van der Waals surface area contributed by atoms with Crippen LogP contribution in [0.3, 0.4) is 0 Å². The molecule has 2 aromatic carbocycles. The van der Waals surface area contributed by atoms with E-state index in [1.165, 1.54) is 23.1 Å². The normalized spacial score (nSPS) is 15.7. The van der Waals surface area contributed by atoms with Gasteiger partial charge in [0.05, 0.1) is 16.6 Å².